The monoisotopic (exact) mass is 361 g/mol. The minimum Gasteiger partial charge on any atom is -0.321 e. The van der Waals surface area contributed by atoms with Crippen molar-refractivity contribution in [2.75, 3.05) is 0 Å². The number of hydrogen-bond acceptors (Lipinski definition) is 3. The van der Waals surface area contributed by atoms with Gasteiger partial charge in [0, 0.05) is 0 Å². The third kappa shape index (κ3) is 2.65. The molecule has 1 saturated carbocycles. The van der Waals surface area contributed by atoms with Crippen molar-refractivity contribution in [2.24, 2.45) is 5.10 Å². The third-order valence-corrected chi connectivity index (χ3v) is 4.39. The van der Waals surface area contributed by atoms with Crippen LogP contribution in [0.25, 0.3) is 0 Å². The fraction of sp³-hybridized carbons (Fsp3) is 0.400. The number of halogens is 5. The Kier molecular flexibility index (Phi) is 4.21. The lowest BCUT2D eigenvalue weighted by molar-refractivity contribution is -0.132. The Morgan fingerprint density at radius 2 is 1.40 bits per heavy atom. The van der Waals surface area contributed by atoms with Gasteiger partial charge in [-0.3, -0.25) is 4.79 Å². The average Bonchev–Trinajstić information content (AvgIpc) is 2.82. The number of nitrogens with zero attached hydrogens (tertiary/aromatic N) is 2. The van der Waals surface area contributed by atoms with Crippen LogP contribution in [0.3, 0.4) is 0 Å². The molecule has 0 atom stereocenters. The minimum atomic E-state index is -2.30. The van der Waals surface area contributed by atoms with E-state index in [1.54, 1.807) is 0 Å². The first-order valence-electron chi connectivity index (χ1n) is 7.50. The van der Waals surface area contributed by atoms with E-state index in [9.17, 15) is 31.5 Å². The summed E-state index contributed by atoms with van der Waals surface area (Å²) in [6.07, 6.45) is 3.38. The second kappa shape index (κ2) is 6.08. The Hall–Kier alpha value is -2.52. The number of hydrazone groups is 1. The molecule has 3 amide bonds. The van der Waals surface area contributed by atoms with Crippen LogP contribution in [0.15, 0.2) is 5.10 Å². The Balaban J connectivity index is 1.93. The molecule has 0 aromatic heterocycles. The smallest absolute Gasteiger partial charge is 0.321 e. The number of benzene rings is 1. The van der Waals surface area contributed by atoms with Crippen molar-refractivity contribution in [3.05, 3.63) is 34.6 Å². The normalized spacial score (nSPS) is 20.0. The molecule has 0 bridgehead atoms. The quantitative estimate of drug-likeness (QED) is 0.289. The zero-order valence-electron chi connectivity index (χ0n) is 12.7. The van der Waals surface area contributed by atoms with Crippen LogP contribution in [0.5, 0.6) is 0 Å². The summed E-state index contributed by atoms with van der Waals surface area (Å²) >= 11 is 0. The van der Waals surface area contributed by atoms with Crippen molar-refractivity contribution in [1.29, 1.82) is 0 Å². The fourth-order valence-corrected chi connectivity index (χ4v) is 3.06. The number of nitrogens with one attached hydrogen (secondary N) is 1. The molecule has 1 heterocycles. The van der Waals surface area contributed by atoms with E-state index in [1.807, 2.05) is 0 Å². The zero-order chi connectivity index (χ0) is 18.4. The lowest BCUT2D eigenvalue weighted by Crippen LogP contribution is -2.48. The van der Waals surface area contributed by atoms with Crippen LogP contribution in [0.4, 0.5) is 26.7 Å². The number of carbonyl (C=O) groups excluding carboxylic acids is 2. The van der Waals surface area contributed by atoms with Crippen LogP contribution >= 0.6 is 0 Å². The first-order chi connectivity index (χ1) is 11.8. The summed E-state index contributed by atoms with van der Waals surface area (Å²) in [5.41, 5.74) is -2.45. The number of hydrogen-bond donors (Lipinski definition) is 1. The molecule has 0 unspecified atom stereocenters. The number of carbonyl (C=O) groups is 2. The summed E-state index contributed by atoms with van der Waals surface area (Å²) < 4.78 is 66.5. The molecule has 1 aromatic rings. The summed E-state index contributed by atoms with van der Waals surface area (Å²) in [6, 6.07) is -0.910. The molecule has 1 aliphatic carbocycles. The fourth-order valence-electron chi connectivity index (χ4n) is 3.06. The van der Waals surface area contributed by atoms with E-state index in [0.29, 0.717) is 30.7 Å². The number of rotatable bonds is 2. The third-order valence-electron chi connectivity index (χ3n) is 4.39. The van der Waals surface area contributed by atoms with Crippen LogP contribution in [0.1, 0.15) is 37.7 Å². The van der Waals surface area contributed by atoms with E-state index >= 15 is 0 Å². The Labute approximate surface area is 138 Å². The maximum Gasteiger partial charge on any atom is 0.346 e. The number of amides is 3. The molecule has 5 nitrogen and oxygen atoms in total. The van der Waals surface area contributed by atoms with Gasteiger partial charge in [-0.05, 0) is 12.8 Å². The van der Waals surface area contributed by atoms with E-state index in [1.165, 1.54) is 0 Å². The van der Waals surface area contributed by atoms with Gasteiger partial charge in [0.15, 0.2) is 23.3 Å². The van der Waals surface area contributed by atoms with E-state index in [2.05, 4.69) is 10.4 Å². The molecule has 1 aliphatic heterocycles. The summed E-state index contributed by atoms with van der Waals surface area (Å²) in [4.78, 5) is 24.3. The maximum absolute atomic E-state index is 13.6. The second-order valence-electron chi connectivity index (χ2n) is 5.92. The highest BCUT2D eigenvalue weighted by atomic mass is 19.2. The van der Waals surface area contributed by atoms with Crippen molar-refractivity contribution in [2.45, 2.75) is 37.6 Å². The Morgan fingerprint density at radius 3 is 1.96 bits per heavy atom. The molecular weight excluding hydrogens is 349 g/mol. The Bertz CT molecular complexity index is 761. The lowest BCUT2D eigenvalue weighted by atomic mass is 9.82. The summed E-state index contributed by atoms with van der Waals surface area (Å²) in [6.45, 7) is 0. The predicted molar refractivity (Wildman–Crippen MR) is 75.0 cm³/mol. The van der Waals surface area contributed by atoms with Crippen molar-refractivity contribution in [1.82, 2.24) is 10.3 Å². The predicted octanol–water partition coefficient (Wildman–Crippen LogP) is 2.97. The molecule has 2 fully saturated rings. The molecule has 25 heavy (non-hydrogen) atoms. The highest BCUT2D eigenvalue weighted by Crippen LogP contribution is 2.33. The van der Waals surface area contributed by atoms with Crippen LogP contribution in [-0.4, -0.2) is 28.7 Å². The second-order valence-corrected chi connectivity index (χ2v) is 5.92. The van der Waals surface area contributed by atoms with Crippen molar-refractivity contribution >= 4 is 18.2 Å². The van der Waals surface area contributed by atoms with Crippen LogP contribution in [0.2, 0.25) is 0 Å². The van der Waals surface area contributed by atoms with Crippen LogP contribution < -0.4 is 5.32 Å². The van der Waals surface area contributed by atoms with E-state index in [-0.39, 0.29) is 6.21 Å². The summed E-state index contributed by atoms with van der Waals surface area (Å²) in [5.74, 6) is -11.5. The van der Waals surface area contributed by atoms with Gasteiger partial charge in [0.2, 0.25) is 5.82 Å². The van der Waals surface area contributed by atoms with Gasteiger partial charge >= 0.3 is 6.03 Å². The van der Waals surface area contributed by atoms with Gasteiger partial charge in [0.05, 0.1) is 11.8 Å². The van der Waals surface area contributed by atoms with Crippen LogP contribution in [0, 0.1) is 29.1 Å². The molecule has 134 valence electrons. The van der Waals surface area contributed by atoms with E-state index in [4.69, 9.17) is 0 Å². The van der Waals surface area contributed by atoms with Crippen LogP contribution in [-0.2, 0) is 4.79 Å². The van der Waals surface area contributed by atoms with Gasteiger partial charge in [0.1, 0.15) is 5.54 Å². The number of urea groups is 1. The lowest BCUT2D eigenvalue weighted by Gasteiger charge is -2.29. The molecular formula is C15H12F5N3O2. The van der Waals surface area contributed by atoms with E-state index in [0.717, 1.165) is 6.42 Å². The maximum atomic E-state index is 13.6. The average molecular weight is 361 g/mol. The highest BCUT2D eigenvalue weighted by Gasteiger charge is 2.51. The van der Waals surface area contributed by atoms with Gasteiger partial charge < -0.3 is 5.32 Å². The van der Waals surface area contributed by atoms with Crippen molar-refractivity contribution in [3.63, 3.8) is 0 Å². The molecule has 1 aromatic carbocycles. The molecule has 0 radical (unpaired) electrons. The van der Waals surface area contributed by atoms with Crippen molar-refractivity contribution in [3.8, 4) is 0 Å². The van der Waals surface area contributed by atoms with Gasteiger partial charge in [-0.15, -0.1) is 5.01 Å². The Morgan fingerprint density at radius 1 is 0.880 bits per heavy atom. The van der Waals surface area contributed by atoms with Gasteiger partial charge in [0.25, 0.3) is 5.91 Å². The van der Waals surface area contributed by atoms with Crippen molar-refractivity contribution < 1.29 is 31.5 Å². The summed E-state index contributed by atoms with van der Waals surface area (Å²) in [7, 11) is 0. The van der Waals surface area contributed by atoms with Gasteiger partial charge in [-0.2, -0.15) is 5.10 Å². The van der Waals surface area contributed by atoms with Gasteiger partial charge in [-0.1, -0.05) is 19.3 Å². The van der Waals surface area contributed by atoms with Gasteiger partial charge in [-0.25, -0.2) is 26.7 Å². The largest absolute Gasteiger partial charge is 0.346 e. The SMILES string of the molecule is O=C1NC2(CCCCC2)C(=O)N1N=Cc1c(F)c(F)c(F)c(F)c1F. The first-order valence-corrected chi connectivity index (χ1v) is 7.50. The van der Waals surface area contributed by atoms with E-state index < -0.39 is 52.1 Å². The molecule has 10 heteroatoms. The molecule has 1 N–H and O–H groups in total. The number of imide groups is 1. The molecule has 3 rings (SSSR count). The summed E-state index contributed by atoms with van der Waals surface area (Å²) in [5, 5.41) is 6.19. The topological polar surface area (TPSA) is 61.8 Å². The highest BCUT2D eigenvalue weighted by molar-refractivity contribution is 6.07. The first kappa shape index (κ1) is 17.3. The zero-order valence-corrected chi connectivity index (χ0v) is 12.7. The molecule has 2 aliphatic rings. The molecule has 1 saturated heterocycles. The minimum absolute atomic E-state index is 0.273. The standard InChI is InChI=1S/C15H12F5N3O2/c16-8-7(9(17)11(19)12(20)10(8)18)6-21-23-13(24)15(22-14(23)25)4-2-1-3-5-15/h6H,1-5H2,(H,22,25). The molecule has 1 spiro atoms.